The highest BCUT2D eigenvalue weighted by atomic mass is 16.2. The molecule has 2 aromatic heterocycles. The molecule has 0 saturated carbocycles. The van der Waals surface area contributed by atoms with Crippen LogP contribution in [0.5, 0.6) is 0 Å². The fourth-order valence-electron chi connectivity index (χ4n) is 3.54. The van der Waals surface area contributed by atoms with Crippen LogP contribution in [0, 0.1) is 13.8 Å². The summed E-state index contributed by atoms with van der Waals surface area (Å²) in [4.78, 5) is 23.3. The summed E-state index contributed by atoms with van der Waals surface area (Å²) < 4.78 is 0. The minimum atomic E-state index is 0.0514. The zero-order valence-electron chi connectivity index (χ0n) is 15.6. The van der Waals surface area contributed by atoms with Gasteiger partial charge < -0.3 is 10.2 Å². The van der Waals surface area contributed by atoms with E-state index >= 15 is 0 Å². The van der Waals surface area contributed by atoms with Gasteiger partial charge in [0, 0.05) is 25.5 Å². The van der Waals surface area contributed by atoms with Crippen LogP contribution in [-0.4, -0.2) is 20.8 Å². The van der Waals surface area contributed by atoms with Crippen molar-refractivity contribution >= 4 is 11.7 Å². The Labute approximate surface area is 159 Å². The molecule has 0 radical (unpaired) electrons. The summed E-state index contributed by atoms with van der Waals surface area (Å²) in [5.41, 5.74) is 6.21. The molecule has 1 aliphatic rings. The predicted octanol–water partition coefficient (Wildman–Crippen LogP) is 3.86. The number of hydrogen-bond acceptors (Lipinski definition) is 4. The molecule has 1 N–H and O–H groups in total. The first kappa shape index (κ1) is 17.2. The van der Waals surface area contributed by atoms with Crippen LogP contribution in [0.2, 0.25) is 0 Å². The standard InChI is InChI=1S/C22H22N4O/c1-15-8-16(2)10-18(9-15)13-26-14-20-19(22(26)27)5-6-21(25-20)24-12-17-4-3-7-23-11-17/h3-11H,12-14H2,1-2H3,(H,24,25). The van der Waals surface area contributed by atoms with Crippen molar-refractivity contribution in [3.05, 3.63) is 88.4 Å². The number of aryl methyl sites for hydroxylation is 2. The van der Waals surface area contributed by atoms with Gasteiger partial charge in [-0.1, -0.05) is 35.4 Å². The first-order valence-corrected chi connectivity index (χ1v) is 9.07. The normalized spacial score (nSPS) is 13.0. The van der Waals surface area contributed by atoms with E-state index in [2.05, 4.69) is 47.3 Å². The molecule has 0 atom stereocenters. The third-order valence-corrected chi connectivity index (χ3v) is 4.68. The number of amides is 1. The van der Waals surface area contributed by atoms with Crippen LogP contribution in [0.3, 0.4) is 0 Å². The molecule has 4 rings (SSSR count). The number of benzene rings is 1. The van der Waals surface area contributed by atoms with Gasteiger partial charge in [0.25, 0.3) is 5.91 Å². The largest absolute Gasteiger partial charge is 0.366 e. The summed E-state index contributed by atoms with van der Waals surface area (Å²) >= 11 is 0. The van der Waals surface area contributed by atoms with Gasteiger partial charge in [0.05, 0.1) is 17.8 Å². The number of aromatic nitrogens is 2. The first-order chi connectivity index (χ1) is 13.1. The zero-order chi connectivity index (χ0) is 18.8. The third-order valence-electron chi connectivity index (χ3n) is 4.68. The molecule has 0 spiro atoms. The highest BCUT2D eigenvalue weighted by Gasteiger charge is 2.28. The molecule has 1 amide bonds. The van der Waals surface area contributed by atoms with Crippen molar-refractivity contribution in [2.75, 3.05) is 5.32 Å². The molecule has 0 unspecified atom stereocenters. The van der Waals surface area contributed by atoms with Crippen molar-refractivity contribution in [1.82, 2.24) is 14.9 Å². The fraction of sp³-hybridized carbons (Fsp3) is 0.227. The van der Waals surface area contributed by atoms with E-state index in [1.54, 1.807) is 6.20 Å². The highest BCUT2D eigenvalue weighted by molar-refractivity contribution is 5.98. The molecule has 1 aliphatic heterocycles. The number of anilines is 1. The lowest BCUT2D eigenvalue weighted by Crippen LogP contribution is -2.23. The van der Waals surface area contributed by atoms with Crippen molar-refractivity contribution in [3.8, 4) is 0 Å². The number of fused-ring (bicyclic) bond motifs is 1. The first-order valence-electron chi connectivity index (χ1n) is 9.07. The Kier molecular flexibility index (Phi) is 4.59. The molecule has 136 valence electrons. The number of carbonyl (C=O) groups is 1. The van der Waals surface area contributed by atoms with Crippen molar-refractivity contribution in [3.63, 3.8) is 0 Å². The number of nitrogens with one attached hydrogen (secondary N) is 1. The molecule has 1 aromatic carbocycles. The number of rotatable bonds is 5. The third kappa shape index (κ3) is 3.82. The summed E-state index contributed by atoms with van der Waals surface area (Å²) in [5.74, 6) is 0.828. The van der Waals surface area contributed by atoms with E-state index in [0.717, 1.165) is 22.6 Å². The summed E-state index contributed by atoms with van der Waals surface area (Å²) in [7, 11) is 0. The highest BCUT2D eigenvalue weighted by Crippen LogP contribution is 2.25. The average molecular weight is 358 g/mol. The Hall–Kier alpha value is -3.21. The van der Waals surface area contributed by atoms with Gasteiger partial charge in [0.15, 0.2) is 0 Å². The maximum Gasteiger partial charge on any atom is 0.256 e. The van der Waals surface area contributed by atoms with Gasteiger partial charge in [-0.3, -0.25) is 9.78 Å². The van der Waals surface area contributed by atoms with E-state index in [0.29, 0.717) is 25.2 Å². The lowest BCUT2D eigenvalue weighted by molar-refractivity contribution is 0.0766. The minimum Gasteiger partial charge on any atom is -0.366 e. The van der Waals surface area contributed by atoms with E-state index in [1.807, 2.05) is 35.4 Å². The lowest BCUT2D eigenvalue weighted by atomic mass is 10.1. The molecule has 0 bridgehead atoms. The van der Waals surface area contributed by atoms with Crippen molar-refractivity contribution in [1.29, 1.82) is 0 Å². The molecular weight excluding hydrogens is 336 g/mol. The maximum absolute atomic E-state index is 12.7. The van der Waals surface area contributed by atoms with Gasteiger partial charge in [0.1, 0.15) is 5.82 Å². The second-order valence-electron chi connectivity index (χ2n) is 7.06. The number of carbonyl (C=O) groups excluding carboxylic acids is 1. The molecule has 27 heavy (non-hydrogen) atoms. The van der Waals surface area contributed by atoms with Gasteiger partial charge in [-0.15, -0.1) is 0 Å². The van der Waals surface area contributed by atoms with E-state index in [1.165, 1.54) is 11.1 Å². The van der Waals surface area contributed by atoms with Crippen LogP contribution in [0.1, 0.15) is 38.3 Å². The van der Waals surface area contributed by atoms with Gasteiger partial charge in [0.2, 0.25) is 0 Å². The molecule has 3 aromatic rings. The minimum absolute atomic E-state index is 0.0514. The molecule has 3 heterocycles. The monoisotopic (exact) mass is 358 g/mol. The second-order valence-corrected chi connectivity index (χ2v) is 7.06. The van der Waals surface area contributed by atoms with Crippen LogP contribution in [0.25, 0.3) is 0 Å². The molecular formula is C22H22N4O. The maximum atomic E-state index is 12.7. The number of hydrogen-bond donors (Lipinski definition) is 1. The van der Waals surface area contributed by atoms with Gasteiger partial charge in [-0.05, 0) is 43.2 Å². The topological polar surface area (TPSA) is 58.1 Å². The van der Waals surface area contributed by atoms with Crippen LogP contribution >= 0.6 is 0 Å². The molecule has 5 heteroatoms. The second kappa shape index (κ2) is 7.19. The Bertz CT molecular complexity index is 965. The van der Waals surface area contributed by atoms with Crippen molar-refractivity contribution in [2.45, 2.75) is 33.5 Å². The smallest absolute Gasteiger partial charge is 0.256 e. The van der Waals surface area contributed by atoms with E-state index in [4.69, 9.17) is 0 Å². The quantitative estimate of drug-likeness (QED) is 0.752. The van der Waals surface area contributed by atoms with Crippen LogP contribution in [0.4, 0.5) is 5.82 Å². The van der Waals surface area contributed by atoms with E-state index < -0.39 is 0 Å². The predicted molar refractivity (Wildman–Crippen MR) is 105 cm³/mol. The lowest BCUT2D eigenvalue weighted by Gasteiger charge is -2.16. The van der Waals surface area contributed by atoms with Crippen LogP contribution in [-0.2, 0) is 19.6 Å². The van der Waals surface area contributed by atoms with Gasteiger partial charge >= 0.3 is 0 Å². The Morgan fingerprint density at radius 3 is 2.63 bits per heavy atom. The van der Waals surface area contributed by atoms with Crippen molar-refractivity contribution < 1.29 is 4.79 Å². The van der Waals surface area contributed by atoms with E-state index in [9.17, 15) is 4.79 Å². The summed E-state index contributed by atoms with van der Waals surface area (Å²) in [6, 6.07) is 14.1. The van der Waals surface area contributed by atoms with Gasteiger partial charge in [-0.25, -0.2) is 4.98 Å². The van der Waals surface area contributed by atoms with Crippen LogP contribution in [0.15, 0.2) is 54.9 Å². The zero-order valence-corrected chi connectivity index (χ0v) is 15.6. The number of nitrogens with zero attached hydrogens (tertiary/aromatic N) is 3. The molecule has 0 saturated heterocycles. The Morgan fingerprint density at radius 2 is 1.89 bits per heavy atom. The Balaban J connectivity index is 1.47. The average Bonchev–Trinajstić information content (AvgIpc) is 2.95. The summed E-state index contributed by atoms with van der Waals surface area (Å²) in [6.07, 6.45) is 3.59. The number of pyridine rings is 2. The Morgan fingerprint density at radius 1 is 1.07 bits per heavy atom. The molecule has 0 fully saturated rings. The van der Waals surface area contributed by atoms with Crippen LogP contribution < -0.4 is 5.32 Å². The van der Waals surface area contributed by atoms with E-state index in [-0.39, 0.29) is 5.91 Å². The van der Waals surface area contributed by atoms with Crippen molar-refractivity contribution in [2.24, 2.45) is 0 Å². The summed E-state index contributed by atoms with van der Waals surface area (Å²) in [6.45, 7) is 5.97. The summed E-state index contributed by atoms with van der Waals surface area (Å²) in [5, 5.41) is 3.30. The SMILES string of the molecule is Cc1cc(C)cc(CN2Cc3nc(NCc4cccnc4)ccc3C2=O)c1. The molecule has 0 aliphatic carbocycles. The molecule has 5 nitrogen and oxygen atoms in total. The van der Waals surface area contributed by atoms with Gasteiger partial charge in [-0.2, -0.15) is 0 Å². The fourth-order valence-corrected chi connectivity index (χ4v) is 3.54.